The van der Waals surface area contributed by atoms with Crippen LogP contribution in [0.4, 0.5) is 0 Å². The number of thioether (sulfide) groups is 1. The number of hydrogen-bond acceptors (Lipinski definition) is 6. The Kier molecular flexibility index (Phi) is 4.95. The van der Waals surface area contributed by atoms with Crippen LogP contribution in [0.5, 0.6) is 0 Å². The fraction of sp³-hybridized carbons (Fsp3) is 0.130. The average molecular weight is 448 g/mol. The van der Waals surface area contributed by atoms with E-state index in [0.29, 0.717) is 32.3 Å². The van der Waals surface area contributed by atoms with E-state index in [1.807, 2.05) is 36.4 Å². The lowest BCUT2D eigenvalue weighted by atomic mass is 10.1. The van der Waals surface area contributed by atoms with Crippen LogP contribution in [0.3, 0.4) is 0 Å². The Labute approximate surface area is 186 Å². The maximum absolute atomic E-state index is 12.9. The van der Waals surface area contributed by atoms with Gasteiger partial charge in [-0.3, -0.25) is 23.9 Å². The maximum atomic E-state index is 12.9. The summed E-state index contributed by atoms with van der Waals surface area (Å²) >= 11 is 2.85. The minimum Gasteiger partial charge on any atom is -0.290 e. The number of amides is 2. The fourth-order valence-electron chi connectivity index (χ4n) is 3.59. The monoisotopic (exact) mass is 447 g/mol. The summed E-state index contributed by atoms with van der Waals surface area (Å²) in [6.07, 6.45) is 0. The number of nitrogens with zero attached hydrogens (tertiary/aromatic N) is 3. The van der Waals surface area contributed by atoms with Gasteiger partial charge in [0.25, 0.3) is 17.4 Å². The smallest absolute Gasteiger partial charge is 0.262 e. The Hall–Kier alpha value is -3.23. The minimum absolute atomic E-state index is 0.105. The van der Waals surface area contributed by atoms with Gasteiger partial charge in [-0.25, -0.2) is 4.98 Å². The van der Waals surface area contributed by atoms with E-state index in [2.05, 4.69) is 4.98 Å². The van der Waals surface area contributed by atoms with E-state index < -0.39 is 0 Å². The van der Waals surface area contributed by atoms with Gasteiger partial charge in [0, 0.05) is 24.2 Å². The molecule has 1 aliphatic rings. The Bertz CT molecular complexity index is 1360. The molecular weight excluding hydrogens is 430 g/mol. The first-order valence-electron chi connectivity index (χ1n) is 9.68. The molecule has 0 saturated heterocycles. The normalized spacial score (nSPS) is 13.3. The standard InChI is InChI=1S/C23H17N3O3S2/c1-25-20(27)17-13-18(14-7-3-2-4-8-14)31-19(17)24-23(25)30-12-11-26-21(28)15-9-5-6-10-16(15)22(26)29/h2-10,13H,11-12H2,1H3. The first-order chi connectivity index (χ1) is 15.0. The van der Waals surface area contributed by atoms with Crippen LogP contribution in [0, 0.1) is 0 Å². The van der Waals surface area contributed by atoms with Gasteiger partial charge in [0.15, 0.2) is 5.16 Å². The summed E-state index contributed by atoms with van der Waals surface area (Å²) in [5.74, 6) is -0.0951. The van der Waals surface area contributed by atoms with Crippen LogP contribution in [0.15, 0.2) is 70.6 Å². The summed E-state index contributed by atoms with van der Waals surface area (Å²) in [5, 5.41) is 1.16. The molecule has 3 heterocycles. The number of rotatable bonds is 5. The molecule has 0 N–H and O–H groups in total. The third kappa shape index (κ3) is 3.37. The van der Waals surface area contributed by atoms with E-state index in [1.165, 1.54) is 32.6 Å². The zero-order chi connectivity index (χ0) is 21.5. The largest absolute Gasteiger partial charge is 0.290 e. The highest BCUT2D eigenvalue weighted by Crippen LogP contribution is 2.32. The Morgan fingerprint density at radius 3 is 2.26 bits per heavy atom. The maximum Gasteiger partial charge on any atom is 0.262 e. The summed E-state index contributed by atoms with van der Waals surface area (Å²) in [6.45, 7) is 0.255. The van der Waals surface area contributed by atoms with Crippen molar-refractivity contribution in [3.63, 3.8) is 0 Å². The molecule has 154 valence electrons. The van der Waals surface area contributed by atoms with Crippen LogP contribution < -0.4 is 5.56 Å². The summed E-state index contributed by atoms with van der Waals surface area (Å²) in [7, 11) is 1.69. The van der Waals surface area contributed by atoms with Crippen LogP contribution in [0.2, 0.25) is 0 Å². The number of imide groups is 1. The van der Waals surface area contributed by atoms with Gasteiger partial charge in [0.1, 0.15) is 4.83 Å². The van der Waals surface area contributed by atoms with Crippen molar-refractivity contribution < 1.29 is 9.59 Å². The number of carbonyl (C=O) groups excluding carboxylic acids is 2. The van der Waals surface area contributed by atoms with Crippen molar-refractivity contribution in [2.75, 3.05) is 12.3 Å². The van der Waals surface area contributed by atoms with Crippen molar-refractivity contribution in [3.8, 4) is 10.4 Å². The van der Waals surface area contributed by atoms with Gasteiger partial charge in [-0.15, -0.1) is 11.3 Å². The second-order valence-electron chi connectivity index (χ2n) is 7.11. The predicted octanol–water partition coefficient (Wildman–Crippen LogP) is 4.05. The molecule has 0 bridgehead atoms. The van der Waals surface area contributed by atoms with Gasteiger partial charge in [0.2, 0.25) is 0 Å². The molecule has 6 nitrogen and oxygen atoms in total. The molecule has 0 fully saturated rings. The van der Waals surface area contributed by atoms with Gasteiger partial charge >= 0.3 is 0 Å². The van der Waals surface area contributed by atoms with Crippen molar-refractivity contribution in [2.24, 2.45) is 7.05 Å². The summed E-state index contributed by atoms with van der Waals surface area (Å²) in [5.41, 5.74) is 1.83. The zero-order valence-corrected chi connectivity index (χ0v) is 18.2. The highest BCUT2D eigenvalue weighted by Gasteiger charge is 2.34. The Balaban J connectivity index is 1.36. The minimum atomic E-state index is -0.274. The average Bonchev–Trinajstić information content (AvgIpc) is 3.33. The molecule has 2 aromatic carbocycles. The molecule has 0 spiro atoms. The fourth-order valence-corrected chi connectivity index (χ4v) is 5.57. The van der Waals surface area contributed by atoms with Crippen molar-refractivity contribution in [3.05, 3.63) is 82.1 Å². The number of benzene rings is 2. The van der Waals surface area contributed by atoms with Crippen molar-refractivity contribution in [2.45, 2.75) is 5.16 Å². The first-order valence-corrected chi connectivity index (χ1v) is 11.5. The van der Waals surface area contributed by atoms with E-state index >= 15 is 0 Å². The second kappa shape index (κ2) is 7.79. The number of fused-ring (bicyclic) bond motifs is 2. The Morgan fingerprint density at radius 1 is 0.935 bits per heavy atom. The van der Waals surface area contributed by atoms with Gasteiger partial charge in [0.05, 0.1) is 16.5 Å². The molecular formula is C23H17N3O3S2. The van der Waals surface area contributed by atoms with Crippen LogP contribution >= 0.6 is 23.1 Å². The SMILES string of the molecule is Cn1c(SCCN2C(=O)c3ccccc3C2=O)nc2sc(-c3ccccc3)cc2c1=O. The van der Waals surface area contributed by atoms with Crippen LogP contribution in [-0.4, -0.2) is 38.6 Å². The highest BCUT2D eigenvalue weighted by molar-refractivity contribution is 7.99. The van der Waals surface area contributed by atoms with E-state index in [4.69, 9.17) is 0 Å². The molecule has 31 heavy (non-hydrogen) atoms. The predicted molar refractivity (Wildman–Crippen MR) is 123 cm³/mol. The molecule has 2 amide bonds. The second-order valence-corrected chi connectivity index (χ2v) is 9.20. The molecule has 0 atom stereocenters. The summed E-state index contributed by atoms with van der Waals surface area (Å²) < 4.78 is 1.52. The van der Waals surface area contributed by atoms with Gasteiger partial charge in [-0.05, 0) is 23.8 Å². The molecule has 0 unspecified atom stereocenters. The molecule has 5 rings (SSSR count). The molecule has 8 heteroatoms. The number of thiophene rings is 1. The molecule has 0 aliphatic carbocycles. The van der Waals surface area contributed by atoms with Crippen molar-refractivity contribution in [1.82, 2.24) is 14.5 Å². The third-order valence-electron chi connectivity index (χ3n) is 5.21. The quantitative estimate of drug-likeness (QED) is 0.262. The summed E-state index contributed by atoms with van der Waals surface area (Å²) in [6, 6.07) is 18.6. The first kappa shape index (κ1) is 19.7. The number of carbonyl (C=O) groups is 2. The molecule has 4 aromatic rings. The molecule has 0 saturated carbocycles. The third-order valence-corrected chi connectivity index (χ3v) is 7.30. The van der Waals surface area contributed by atoms with Gasteiger partial charge < -0.3 is 0 Å². The number of hydrogen-bond donors (Lipinski definition) is 0. The topological polar surface area (TPSA) is 72.3 Å². The zero-order valence-electron chi connectivity index (χ0n) is 16.6. The van der Waals surface area contributed by atoms with Crippen LogP contribution in [0.25, 0.3) is 20.7 Å². The summed E-state index contributed by atoms with van der Waals surface area (Å²) in [4.78, 5) is 45.5. The molecule has 0 radical (unpaired) electrons. The molecule has 1 aliphatic heterocycles. The highest BCUT2D eigenvalue weighted by atomic mass is 32.2. The van der Waals surface area contributed by atoms with Crippen molar-refractivity contribution in [1.29, 1.82) is 0 Å². The van der Waals surface area contributed by atoms with E-state index in [0.717, 1.165) is 10.4 Å². The number of aromatic nitrogens is 2. The van der Waals surface area contributed by atoms with E-state index in [9.17, 15) is 14.4 Å². The van der Waals surface area contributed by atoms with Crippen LogP contribution in [0.1, 0.15) is 20.7 Å². The Morgan fingerprint density at radius 2 is 1.58 bits per heavy atom. The van der Waals surface area contributed by atoms with Gasteiger partial charge in [-0.2, -0.15) is 0 Å². The van der Waals surface area contributed by atoms with Crippen molar-refractivity contribution >= 4 is 45.1 Å². The van der Waals surface area contributed by atoms with Crippen LogP contribution in [-0.2, 0) is 7.05 Å². The van der Waals surface area contributed by atoms with Gasteiger partial charge in [-0.1, -0.05) is 54.2 Å². The van der Waals surface area contributed by atoms with E-state index in [1.54, 1.807) is 31.3 Å². The van der Waals surface area contributed by atoms with E-state index in [-0.39, 0.29) is 23.9 Å². The lowest BCUT2D eigenvalue weighted by Gasteiger charge is -2.13. The lowest BCUT2D eigenvalue weighted by molar-refractivity contribution is 0.0664. The lowest BCUT2D eigenvalue weighted by Crippen LogP contribution is -2.32. The molecule has 2 aromatic heterocycles.